The van der Waals surface area contributed by atoms with E-state index in [1.54, 1.807) is 0 Å². The molecule has 1 atom stereocenters. The zero-order valence-corrected chi connectivity index (χ0v) is 22.5. The molecule has 1 unspecified atom stereocenters. The van der Waals surface area contributed by atoms with Crippen LogP contribution in [0.5, 0.6) is 0 Å². The summed E-state index contributed by atoms with van der Waals surface area (Å²) in [6, 6.07) is 46.7. The van der Waals surface area contributed by atoms with Crippen molar-refractivity contribution in [2.75, 3.05) is 0 Å². The lowest BCUT2D eigenvalue weighted by Gasteiger charge is -2.35. The van der Waals surface area contributed by atoms with Gasteiger partial charge in [0.05, 0.1) is 5.41 Å². The minimum Gasteiger partial charge on any atom is -0.456 e. The fourth-order valence-corrected chi connectivity index (χ4v) is 7.65. The van der Waals surface area contributed by atoms with E-state index in [1.165, 1.54) is 55.6 Å². The summed E-state index contributed by atoms with van der Waals surface area (Å²) in [6.45, 7) is 0. The van der Waals surface area contributed by atoms with Gasteiger partial charge in [0, 0.05) is 15.2 Å². The maximum atomic E-state index is 6.39. The predicted octanol–water partition coefficient (Wildman–Crippen LogP) is 10.4. The van der Waals surface area contributed by atoms with Gasteiger partial charge in [-0.05, 0) is 86.0 Å². The van der Waals surface area contributed by atoms with Gasteiger partial charge < -0.3 is 4.42 Å². The molecule has 7 aromatic rings. The summed E-state index contributed by atoms with van der Waals surface area (Å²) in [7, 11) is 0. The standard InChI is InChI=1S/C37H21BrO/c38-22-17-18-33-28(19-22)24-10-2-1-9-23(24)25-11-3-6-14-31(25)37(33)32-15-7-4-12-26(32)29-21-36-30(20-34(29)37)27-13-5-8-16-35(27)39-36/h1-21H. The number of fused-ring (bicyclic) bond motifs is 15. The molecule has 1 aromatic heterocycles. The van der Waals surface area contributed by atoms with Crippen molar-refractivity contribution in [2.45, 2.75) is 5.41 Å². The van der Waals surface area contributed by atoms with E-state index in [0.29, 0.717) is 0 Å². The van der Waals surface area contributed by atoms with Gasteiger partial charge in [-0.15, -0.1) is 0 Å². The Morgan fingerprint density at radius 2 is 0.974 bits per heavy atom. The molecule has 9 rings (SSSR count). The van der Waals surface area contributed by atoms with Crippen molar-refractivity contribution < 1.29 is 4.42 Å². The highest BCUT2D eigenvalue weighted by Gasteiger charge is 2.50. The molecular formula is C37H21BrO. The van der Waals surface area contributed by atoms with E-state index in [4.69, 9.17) is 4.42 Å². The normalized spacial score (nSPS) is 16.4. The van der Waals surface area contributed by atoms with Crippen LogP contribution in [0.4, 0.5) is 0 Å². The maximum absolute atomic E-state index is 6.39. The molecule has 39 heavy (non-hydrogen) atoms. The Kier molecular flexibility index (Phi) is 4.19. The largest absolute Gasteiger partial charge is 0.456 e. The monoisotopic (exact) mass is 560 g/mol. The minimum absolute atomic E-state index is 0.482. The van der Waals surface area contributed by atoms with Gasteiger partial charge in [-0.3, -0.25) is 0 Å². The molecule has 182 valence electrons. The van der Waals surface area contributed by atoms with E-state index < -0.39 is 5.41 Å². The summed E-state index contributed by atoms with van der Waals surface area (Å²) < 4.78 is 7.48. The van der Waals surface area contributed by atoms with Gasteiger partial charge in [-0.25, -0.2) is 0 Å². The van der Waals surface area contributed by atoms with E-state index in [1.807, 2.05) is 6.07 Å². The molecule has 0 saturated heterocycles. The second kappa shape index (κ2) is 7.59. The fraction of sp³-hybridized carbons (Fsp3) is 0.0270. The molecular weight excluding hydrogens is 540 g/mol. The topological polar surface area (TPSA) is 13.1 Å². The molecule has 0 aliphatic heterocycles. The van der Waals surface area contributed by atoms with Crippen LogP contribution in [0, 0.1) is 0 Å². The maximum Gasteiger partial charge on any atom is 0.136 e. The van der Waals surface area contributed by atoms with Crippen LogP contribution in [0.1, 0.15) is 22.3 Å². The molecule has 1 nitrogen and oxygen atoms in total. The predicted molar refractivity (Wildman–Crippen MR) is 163 cm³/mol. The zero-order chi connectivity index (χ0) is 25.7. The van der Waals surface area contributed by atoms with Crippen molar-refractivity contribution in [1.29, 1.82) is 0 Å². The highest BCUT2D eigenvalue weighted by Crippen LogP contribution is 2.62. The third-order valence-corrected chi connectivity index (χ3v) is 9.26. The number of para-hydroxylation sites is 1. The Hall–Kier alpha value is -4.40. The highest BCUT2D eigenvalue weighted by molar-refractivity contribution is 9.10. The first-order valence-electron chi connectivity index (χ1n) is 13.3. The van der Waals surface area contributed by atoms with Crippen LogP contribution in [0.2, 0.25) is 0 Å². The smallest absolute Gasteiger partial charge is 0.136 e. The van der Waals surface area contributed by atoms with Gasteiger partial charge in [-0.1, -0.05) is 113 Å². The zero-order valence-electron chi connectivity index (χ0n) is 20.9. The Bertz CT molecular complexity index is 2150. The number of hydrogen-bond donors (Lipinski definition) is 0. The lowest BCUT2D eigenvalue weighted by Crippen LogP contribution is -2.29. The fourth-order valence-electron chi connectivity index (χ4n) is 7.28. The van der Waals surface area contributed by atoms with Crippen LogP contribution in [0.15, 0.2) is 136 Å². The van der Waals surface area contributed by atoms with Crippen molar-refractivity contribution in [3.63, 3.8) is 0 Å². The molecule has 0 fully saturated rings. The van der Waals surface area contributed by atoms with Crippen molar-refractivity contribution in [2.24, 2.45) is 0 Å². The van der Waals surface area contributed by atoms with Crippen molar-refractivity contribution in [3.05, 3.63) is 154 Å². The Morgan fingerprint density at radius 3 is 1.74 bits per heavy atom. The second-order valence-corrected chi connectivity index (χ2v) is 11.5. The van der Waals surface area contributed by atoms with E-state index in [0.717, 1.165) is 26.4 Å². The van der Waals surface area contributed by atoms with E-state index in [2.05, 4.69) is 137 Å². The van der Waals surface area contributed by atoms with E-state index in [9.17, 15) is 0 Å². The van der Waals surface area contributed by atoms with Crippen LogP contribution < -0.4 is 0 Å². The summed E-state index contributed by atoms with van der Waals surface area (Å²) in [6.07, 6.45) is 0. The molecule has 0 radical (unpaired) electrons. The van der Waals surface area contributed by atoms with Gasteiger partial charge in [0.2, 0.25) is 0 Å². The molecule has 1 spiro atoms. The molecule has 1 heterocycles. The number of halogens is 1. The van der Waals surface area contributed by atoms with E-state index >= 15 is 0 Å². The quantitative estimate of drug-likeness (QED) is 0.180. The third-order valence-electron chi connectivity index (χ3n) is 8.77. The van der Waals surface area contributed by atoms with Gasteiger partial charge in [0.1, 0.15) is 11.2 Å². The molecule has 0 N–H and O–H groups in total. The number of furan rings is 1. The average Bonchev–Trinajstić information content (AvgIpc) is 3.46. The van der Waals surface area contributed by atoms with Crippen LogP contribution in [-0.2, 0) is 5.41 Å². The second-order valence-electron chi connectivity index (χ2n) is 10.6. The number of rotatable bonds is 0. The Labute approximate surface area is 234 Å². The van der Waals surface area contributed by atoms with Crippen LogP contribution in [-0.4, -0.2) is 0 Å². The summed E-state index contributed by atoms with van der Waals surface area (Å²) in [5.74, 6) is 0. The minimum atomic E-state index is -0.482. The van der Waals surface area contributed by atoms with Gasteiger partial charge in [0.15, 0.2) is 0 Å². The molecule has 6 aromatic carbocycles. The van der Waals surface area contributed by atoms with Crippen molar-refractivity contribution in [1.82, 2.24) is 0 Å². The lowest BCUT2D eigenvalue weighted by atomic mass is 9.66. The molecule has 0 amide bonds. The molecule has 0 saturated carbocycles. The van der Waals surface area contributed by atoms with Gasteiger partial charge in [-0.2, -0.15) is 0 Å². The summed E-state index contributed by atoms with van der Waals surface area (Å²) in [4.78, 5) is 0. The van der Waals surface area contributed by atoms with Crippen LogP contribution in [0.3, 0.4) is 0 Å². The molecule has 2 aliphatic rings. The molecule has 0 bridgehead atoms. The van der Waals surface area contributed by atoms with Crippen molar-refractivity contribution in [3.8, 4) is 33.4 Å². The highest BCUT2D eigenvalue weighted by atomic mass is 79.9. The van der Waals surface area contributed by atoms with Crippen LogP contribution in [0.25, 0.3) is 55.3 Å². The Morgan fingerprint density at radius 1 is 0.410 bits per heavy atom. The van der Waals surface area contributed by atoms with E-state index in [-0.39, 0.29) is 0 Å². The lowest BCUT2D eigenvalue weighted by molar-refractivity contribution is 0.668. The number of benzene rings is 6. The summed E-state index contributed by atoms with van der Waals surface area (Å²) in [5.41, 5.74) is 14.2. The van der Waals surface area contributed by atoms with Gasteiger partial charge >= 0.3 is 0 Å². The SMILES string of the molecule is Brc1ccc2c(c1)-c1ccccc1-c1ccccc1C21c2ccccc2-c2cc3oc4ccccc4c3cc21. The third kappa shape index (κ3) is 2.65. The first-order chi connectivity index (χ1) is 19.2. The van der Waals surface area contributed by atoms with Gasteiger partial charge in [0.25, 0.3) is 0 Å². The summed E-state index contributed by atoms with van der Waals surface area (Å²) >= 11 is 3.81. The molecule has 2 heteroatoms. The number of hydrogen-bond acceptors (Lipinski definition) is 1. The first kappa shape index (κ1) is 21.5. The summed E-state index contributed by atoms with van der Waals surface area (Å²) in [5, 5.41) is 2.32. The van der Waals surface area contributed by atoms with Crippen molar-refractivity contribution >= 4 is 37.9 Å². The first-order valence-corrected chi connectivity index (χ1v) is 14.1. The molecule has 2 aliphatic carbocycles. The average molecular weight is 561 g/mol. The Balaban J connectivity index is 1.55. The van der Waals surface area contributed by atoms with Crippen LogP contribution >= 0.6 is 15.9 Å².